The fourth-order valence-electron chi connectivity index (χ4n) is 8.71. The van der Waals surface area contributed by atoms with Gasteiger partial charge in [0.05, 0.1) is 25.9 Å². The molecule has 28 nitrogen and oxygen atoms in total. The van der Waals surface area contributed by atoms with E-state index in [9.17, 15) is 55.5 Å². The molecule has 11 N–H and O–H groups in total. The summed E-state index contributed by atoms with van der Waals surface area (Å²) >= 11 is 0. The molecule has 0 bridgehead atoms. The molecule has 5 aliphatic heterocycles. The van der Waals surface area contributed by atoms with Crippen molar-refractivity contribution in [2.24, 2.45) is 5.73 Å². The Hall–Kier alpha value is -2.02. The Bertz CT molecular complexity index is 1480. The summed E-state index contributed by atoms with van der Waals surface area (Å²) in [5.74, 6) is -3.24. The standard InChI is InChI=1S/C37H63NO27/c1-50-21-13(10-41)57-33(14(38)22(21)51-2)62-25-23(52-3)29(54-5)36(64-27(25)31(46)47)61-20-12(9-40)59-35(18(45)16(20)43)63-26-24(53-4)30(55-6)37(65-28(26)32(48)49)60-19-11(8-39)58-34(56-7)17(44)15(19)42/h11-30,33-37,39-45H,8-10,38H2,1-7H3,(H,46,47)(H,48,49)/t11?,12-,13?,14?,15+,16?,17?,18?,19+,20+,21+,22+,23-,24?,25-,26-,27?,28+,29?,30?,33+,34-,35+,36+,37+/m0/s1. The molecule has 0 aromatic carbocycles. The largest absolute Gasteiger partial charge is 0.479 e. The van der Waals surface area contributed by atoms with E-state index in [0.717, 1.165) is 7.11 Å². The lowest BCUT2D eigenvalue weighted by Crippen LogP contribution is -2.69. The van der Waals surface area contributed by atoms with Gasteiger partial charge in [-0.2, -0.15) is 0 Å². The average Bonchev–Trinajstić information content (AvgIpc) is 3.30. The molecule has 5 rings (SSSR count). The fourth-order valence-corrected chi connectivity index (χ4v) is 8.71. The molecular formula is C37H63NO27. The van der Waals surface area contributed by atoms with Crippen LogP contribution in [0, 0.1) is 0 Å². The molecule has 28 heteroatoms. The summed E-state index contributed by atoms with van der Waals surface area (Å²) in [6.45, 7) is -2.22. The first-order valence-electron chi connectivity index (χ1n) is 20.4. The molecule has 0 aromatic rings. The van der Waals surface area contributed by atoms with E-state index in [1.54, 1.807) is 0 Å². The number of carbonyl (C=O) groups is 2. The van der Waals surface area contributed by atoms with Crippen molar-refractivity contribution in [1.82, 2.24) is 0 Å². The van der Waals surface area contributed by atoms with Crippen molar-refractivity contribution in [2.45, 2.75) is 153 Å². The second-order valence-electron chi connectivity index (χ2n) is 15.6. The minimum Gasteiger partial charge on any atom is -0.479 e. The van der Waals surface area contributed by atoms with Gasteiger partial charge in [0.25, 0.3) is 0 Å². The summed E-state index contributed by atoms with van der Waals surface area (Å²) in [5.41, 5.74) is 6.40. The van der Waals surface area contributed by atoms with Crippen LogP contribution >= 0.6 is 0 Å². The number of aliphatic hydroxyl groups excluding tert-OH is 7. The van der Waals surface area contributed by atoms with E-state index in [4.69, 9.17) is 81.5 Å². The van der Waals surface area contributed by atoms with Crippen LogP contribution in [0.25, 0.3) is 0 Å². The number of rotatable bonds is 20. The number of hydrogen-bond donors (Lipinski definition) is 10. The van der Waals surface area contributed by atoms with Gasteiger partial charge in [-0.05, 0) is 0 Å². The molecule has 65 heavy (non-hydrogen) atoms. The highest BCUT2D eigenvalue weighted by Gasteiger charge is 2.59. The van der Waals surface area contributed by atoms with E-state index >= 15 is 0 Å². The maximum Gasteiger partial charge on any atom is 0.335 e. The van der Waals surface area contributed by atoms with Crippen LogP contribution in [0.2, 0.25) is 0 Å². The Morgan fingerprint density at radius 2 is 0.738 bits per heavy atom. The van der Waals surface area contributed by atoms with Crippen molar-refractivity contribution in [3.05, 3.63) is 0 Å². The van der Waals surface area contributed by atoms with E-state index in [0.29, 0.717) is 0 Å². The third-order valence-corrected chi connectivity index (χ3v) is 12.0. The summed E-state index contributed by atoms with van der Waals surface area (Å²) in [7, 11) is 8.66. The van der Waals surface area contributed by atoms with Crippen molar-refractivity contribution in [1.29, 1.82) is 0 Å². The van der Waals surface area contributed by atoms with Gasteiger partial charge in [0.2, 0.25) is 0 Å². The molecular weight excluding hydrogens is 890 g/mol. The molecule has 378 valence electrons. The van der Waals surface area contributed by atoms with E-state index in [1.165, 1.54) is 42.7 Å². The number of ether oxygens (including phenoxy) is 16. The van der Waals surface area contributed by atoms with Crippen molar-refractivity contribution >= 4 is 11.9 Å². The number of nitrogens with two attached hydrogens (primary N) is 1. The fraction of sp³-hybridized carbons (Fsp3) is 0.946. The van der Waals surface area contributed by atoms with Gasteiger partial charge in [-0.25, -0.2) is 9.59 Å². The Morgan fingerprint density at radius 3 is 1.11 bits per heavy atom. The monoisotopic (exact) mass is 953 g/mol. The molecule has 5 fully saturated rings. The summed E-state index contributed by atoms with van der Waals surface area (Å²) < 4.78 is 91.1. The van der Waals surface area contributed by atoms with Crippen molar-refractivity contribution < 1.29 is 131 Å². The van der Waals surface area contributed by atoms with Gasteiger partial charge in [-0.1, -0.05) is 0 Å². The molecule has 0 aromatic heterocycles. The molecule has 25 atom stereocenters. The normalized spacial score (nSPS) is 47.3. The van der Waals surface area contributed by atoms with Gasteiger partial charge < -0.3 is 127 Å². The quantitative estimate of drug-likeness (QED) is 0.0542. The predicted octanol–water partition coefficient (Wildman–Crippen LogP) is -7.19. The second-order valence-corrected chi connectivity index (χ2v) is 15.6. The van der Waals surface area contributed by atoms with Crippen LogP contribution in [-0.4, -0.2) is 281 Å². The van der Waals surface area contributed by atoms with Gasteiger partial charge in [-0.15, -0.1) is 0 Å². The van der Waals surface area contributed by atoms with Crippen molar-refractivity contribution in [3.63, 3.8) is 0 Å². The van der Waals surface area contributed by atoms with Crippen LogP contribution in [0.5, 0.6) is 0 Å². The van der Waals surface area contributed by atoms with E-state index in [1.807, 2.05) is 0 Å². The highest BCUT2D eigenvalue weighted by molar-refractivity contribution is 5.74. The number of carboxylic acids is 2. The third kappa shape index (κ3) is 11.1. The summed E-state index contributed by atoms with van der Waals surface area (Å²) in [6, 6.07) is -1.09. The molecule has 0 amide bonds. The molecule has 0 aliphatic carbocycles. The first-order valence-corrected chi connectivity index (χ1v) is 20.4. The highest BCUT2D eigenvalue weighted by atomic mass is 16.8. The first kappa shape index (κ1) is 53.9. The van der Waals surface area contributed by atoms with E-state index in [2.05, 4.69) is 0 Å². The van der Waals surface area contributed by atoms with Crippen LogP contribution in [0.1, 0.15) is 0 Å². The lowest BCUT2D eigenvalue weighted by molar-refractivity contribution is -0.389. The first-order chi connectivity index (χ1) is 31.0. The highest BCUT2D eigenvalue weighted by Crippen LogP contribution is 2.38. The smallest absolute Gasteiger partial charge is 0.335 e. The molecule has 10 unspecified atom stereocenters. The Kier molecular flexibility index (Phi) is 19.9. The lowest BCUT2D eigenvalue weighted by atomic mass is 9.94. The summed E-state index contributed by atoms with van der Waals surface area (Å²) in [6.07, 6.45) is -37.3. The molecule has 0 radical (unpaired) electrons. The van der Waals surface area contributed by atoms with Gasteiger partial charge >= 0.3 is 11.9 Å². The minimum absolute atomic E-state index is 0.545. The zero-order valence-electron chi connectivity index (χ0n) is 36.5. The van der Waals surface area contributed by atoms with Crippen molar-refractivity contribution in [3.8, 4) is 0 Å². The van der Waals surface area contributed by atoms with E-state index < -0.39 is 185 Å². The predicted molar refractivity (Wildman–Crippen MR) is 203 cm³/mol. The maximum absolute atomic E-state index is 12.8. The Morgan fingerprint density at radius 1 is 0.400 bits per heavy atom. The topological polar surface area (TPSA) is 390 Å². The summed E-state index contributed by atoms with van der Waals surface area (Å²) in [4.78, 5) is 25.5. The number of aliphatic hydroxyl groups is 7. The number of methoxy groups -OCH3 is 7. The van der Waals surface area contributed by atoms with Gasteiger partial charge in [-0.3, -0.25) is 0 Å². The maximum atomic E-state index is 12.8. The number of aliphatic carboxylic acids is 2. The van der Waals surface area contributed by atoms with Gasteiger partial charge in [0.15, 0.2) is 43.7 Å². The molecule has 0 saturated carbocycles. The average molecular weight is 954 g/mol. The Labute approximate surface area is 371 Å². The minimum atomic E-state index is -2.09. The lowest BCUT2D eigenvalue weighted by Gasteiger charge is -2.50. The molecule has 5 aliphatic rings. The molecule has 5 saturated heterocycles. The van der Waals surface area contributed by atoms with Crippen LogP contribution in [0.3, 0.4) is 0 Å². The van der Waals surface area contributed by atoms with Crippen LogP contribution < -0.4 is 5.73 Å². The Balaban J connectivity index is 1.33. The van der Waals surface area contributed by atoms with Crippen LogP contribution in [-0.2, 0) is 85.4 Å². The number of carboxylic acid groups (broad SMARTS) is 2. The zero-order valence-corrected chi connectivity index (χ0v) is 36.5. The summed E-state index contributed by atoms with van der Waals surface area (Å²) in [5, 5.41) is 95.4. The SMILES string of the molecule is COC1C(OC)[C@H](O[C@H]2O[C@@H](CO)[C@@H](O[C@@H]3OC(C(=O)O)[C@@H](O[C@H]4OC(CO)[C@@H](OC)[C@H](OC)C4N)[C@H](OC)C3OC)C(O)C2O)[C@H](C(=O)O)O[C@H]1O[C@@H]1C(CO)O[C@H](OC)C(O)[C@H]1O. The third-order valence-electron chi connectivity index (χ3n) is 12.0. The second kappa shape index (κ2) is 24.0. The number of hydrogen-bond acceptors (Lipinski definition) is 26. The molecule has 0 spiro atoms. The van der Waals surface area contributed by atoms with Crippen molar-refractivity contribution in [2.75, 3.05) is 69.6 Å². The van der Waals surface area contributed by atoms with Gasteiger partial charge in [0.1, 0.15) is 104 Å². The molecule has 5 heterocycles. The van der Waals surface area contributed by atoms with Crippen LogP contribution in [0.4, 0.5) is 0 Å². The van der Waals surface area contributed by atoms with E-state index in [-0.39, 0.29) is 0 Å². The van der Waals surface area contributed by atoms with Gasteiger partial charge in [0, 0.05) is 49.8 Å². The van der Waals surface area contributed by atoms with Crippen LogP contribution in [0.15, 0.2) is 0 Å². The zero-order chi connectivity index (χ0) is 48.0.